The molecule has 0 fully saturated rings. The Morgan fingerprint density at radius 1 is 0.938 bits per heavy atom. The summed E-state index contributed by atoms with van der Waals surface area (Å²) in [7, 11) is 0. The van der Waals surface area contributed by atoms with Crippen LogP contribution < -0.4 is 0 Å². The Morgan fingerprint density at radius 2 is 1.38 bits per heavy atom. The lowest BCUT2D eigenvalue weighted by atomic mass is 10.0. The summed E-state index contributed by atoms with van der Waals surface area (Å²) in [6.45, 7) is 0. The van der Waals surface area contributed by atoms with Gasteiger partial charge in [0.25, 0.3) is 0 Å². The fourth-order valence-corrected chi connectivity index (χ4v) is 1.15. The van der Waals surface area contributed by atoms with Crippen LogP contribution in [0.3, 0.4) is 0 Å². The number of halogens is 6. The SMILES string of the molecule is FC(c1ccc(S)cc1)C(F)(F)C(F)(F)F. The van der Waals surface area contributed by atoms with Gasteiger partial charge in [-0.3, -0.25) is 0 Å². The summed E-state index contributed by atoms with van der Waals surface area (Å²) in [5.74, 6) is -5.40. The molecule has 0 nitrogen and oxygen atoms in total. The first-order valence-electron chi connectivity index (χ1n) is 4.04. The van der Waals surface area contributed by atoms with Crippen molar-refractivity contribution < 1.29 is 26.3 Å². The summed E-state index contributed by atoms with van der Waals surface area (Å²) in [4.78, 5) is 0.339. The van der Waals surface area contributed by atoms with Crippen molar-refractivity contribution in [1.29, 1.82) is 0 Å². The molecule has 0 bridgehead atoms. The van der Waals surface area contributed by atoms with Crippen LogP contribution in [-0.2, 0) is 0 Å². The maximum atomic E-state index is 13.0. The third-order valence-electron chi connectivity index (χ3n) is 1.88. The molecule has 1 unspecified atom stereocenters. The van der Waals surface area contributed by atoms with Crippen molar-refractivity contribution >= 4 is 12.6 Å². The van der Waals surface area contributed by atoms with E-state index < -0.39 is 23.8 Å². The minimum atomic E-state index is -5.91. The summed E-state index contributed by atoms with van der Waals surface area (Å²) < 4.78 is 73.8. The summed E-state index contributed by atoms with van der Waals surface area (Å²) >= 11 is 3.80. The van der Waals surface area contributed by atoms with Gasteiger partial charge in [0.2, 0.25) is 0 Å². The Labute approximate surface area is 92.7 Å². The molecule has 7 heteroatoms. The van der Waals surface area contributed by atoms with Crippen LogP contribution in [-0.4, -0.2) is 12.1 Å². The van der Waals surface area contributed by atoms with Gasteiger partial charge in [-0.15, -0.1) is 12.6 Å². The van der Waals surface area contributed by atoms with Crippen LogP contribution in [0.1, 0.15) is 11.7 Å². The average molecular weight is 260 g/mol. The van der Waals surface area contributed by atoms with E-state index in [-0.39, 0.29) is 0 Å². The van der Waals surface area contributed by atoms with Crippen LogP contribution in [0, 0.1) is 0 Å². The van der Waals surface area contributed by atoms with Crippen molar-refractivity contribution in [3.05, 3.63) is 29.8 Å². The highest BCUT2D eigenvalue weighted by Gasteiger charge is 2.63. The van der Waals surface area contributed by atoms with Crippen molar-refractivity contribution in [3.8, 4) is 0 Å². The van der Waals surface area contributed by atoms with Crippen molar-refractivity contribution in [3.63, 3.8) is 0 Å². The normalized spacial score (nSPS) is 14.9. The fourth-order valence-electron chi connectivity index (χ4n) is 0.996. The van der Waals surface area contributed by atoms with E-state index in [1.807, 2.05) is 0 Å². The van der Waals surface area contributed by atoms with Gasteiger partial charge in [-0.05, 0) is 17.7 Å². The summed E-state index contributed by atoms with van der Waals surface area (Å²) in [5.41, 5.74) is -0.736. The molecule has 0 N–H and O–H groups in total. The third kappa shape index (κ3) is 2.45. The van der Waals surface area contributed by atoms with E-state index in [1.165, 1.54) is 0 Å². The lowest BCUT2D eigenvalue weighted by molar-refractivity contribution is -0.305. The molecule has 0 saturated carbocycles. The summed E-state index contributed by atoms with van der Waals surface area (Å²) in [6, 6.07) is 3.95. The minimum Gasteiger partial charge on any atom is -0.235 e. The number of rotatable bonds is 2. The summed E-state index contributed by atoms with van der Waals surface area (Å²) in [6.07, 6.45) is -9.33. The molecule has 0 aliphatic heterocycles. The molecule has 0 aliphatic carbocycles. The fraction of sp³-hybridized carbons (Fsp3) is 0.333. The molecular formula is C9H6F6S. The first-order valence-corrected chi connectivity index (χ1v) is 4.48. The van der Waals surface area contributed by atoms with Gasteiger partial charge >= 0.3 is 12.1 Å². The molecule has 1 atom stereocenters. The van der Waals surface area contributed by atoms with Gasteiger partial charge in [-0.25, -0.2) is 4.39 Å². The van der Waals surface area contributed by atoms with Gasteiger partial charge < -0.3 is 0 Å². The van der Waals surface area contributed by atoms with Crippen molar-refractivity contribution in [2.75, 3.05) is 0 Å². The van der Waals surface area contributed by atoms with E-state index >= 15 is 0 Å². The number of alkyl halides is 6. The number of thiol groups is 1. The van der Waals surface area contributed by atoms with Crippen molar-refractivity contribution in [2.24, 2.45) is 0 Å². The van der Waals surface area contributed by atoms with E-state index in [9.17, 15) is 26.3 Å². The van der Waals surface area contributed by atoms with Gasteiger partial charge in [0, 0.05) is 4.90 Å². The zero-order valence-corrected chi connectivity index (χ0v) is 8.50. The average Bonchev–Trinajstić information content (AvgIpc) is 2.16. The van der Waals surface area contributed by atoms with Gasteiger partial charge in [0.15, 0.2) is 6.17 Å². The second-order valence-electron chi connectivity index (χ2n) is 3.07. The Balaban J connectivity index is 3.02. The highest BCUT2D eigenvalue weighted by atomic mass is 32.1. The zero-order valence-electron chi connectivity index (χ0n) is 7.60. The number of benzene rings is 1. The van der Waals surface area contributed by atoms with Gasteiger partial charge in [-0.2, -0.15) is 22.0 Å². The molecule has 0 radical (unpaired) electrons. The van der Waals surface area contributed by atoms with Crippen LogP contribution in [0.25, 0.3) is 0 Å². The van der Waals surface area contributed by atoms with Crippen LogP contribution in [0.15, 0.2) is 29.2 Å². The predicted molar refractivity (Wildman–Crippen MR) is 48.5 cm³/mol. The largest absolute Gasteiger partial charge is 0.456 e. The molecule has 0 amide bonds. The molecule has 1 aromatic carbocycles. The zero-order chi connectivity index (χ0) is 12.6. The van der Waals surface area contributed by atoms with Crippen LogP contribution in [0.5, 0.6) is 0 Å². The Bertz CT molecular complexity index is 355. The van der Waals surface area contributed by atoms with Crippen LogP contribution >= 0.6 is 12.6 Å². The molecule has 1 aromatic rings. The molecule has 0 aliphatic rings. The number of hydrogen-bond acceptors (Lipinski definition) is 1. The molecule has 90 valence electrons. The molecule has 0 saturated heterocycles. The Kier molecular flexibility index (Phi) is 3.47. The van der Waals surface area contributed by atoms with E-state index in [0.29, 0.717) is 4.90 Å². The monoisotopic (exact) mass is 260 g/mol. The maximum absolute atomic E-state index is 13.0. The third-order valence-corrected chi connectivity index (χ3v) is 2.18. The Morgan fingerprint density at radius 3 is 1.75 bits per heavy atom. The lowest BCUT2D eigenvalue weighted by Crippen LogP contribution is -2.40. The van der Waals surface area contributed by atoms with E-state index in [2.05, 4.69) is 12.6 Å². The smallest absolute Gasteiger partial charge is 0.235 e. The van der Waals surface area contributed by atoms with E-state index in [4.69, 9.17) is 0 Å². The molecule has 1 rings (SSSR count). The quantitative estimate of drug-likeness (QED) is 0.598. The number of hydrogen-bond donors (Lipinski definition) is 1. The topological polar surface area (TPSA) is 0 Å². The lowest BCUT2D eigenvalue weighted by Gasteiger charge is -2.23. The highest BCUT2D eigenvalue weighted by molar-refractivity contribution is 7.80. The molecule has 0 aromatic heterocycles. The molecule has 0 heterocycles. The van der Waals surface area contributed by atoms with Gasteiger partial charge in [0.05, 0.1) is 0 Å². The standard InChI is InChI=1S/C9H6F6S/c10-7(8(11,12)9(13,14)15)5-1-3-6(16)4-2-5/h1-4,7,16H. The molecule has 0 spiro atoms. The first-order chi connectivity index (χ1) is 7.16. The second kappa shape index (κ2) is 4.20. The minimum absolute atomic E-state index is 0.339. The second-order valence-corrected chi connectivity index (χ2v) is 3.59. The van der Waals surface area contributed by atoms with E-state index in [1.54, 1.807) is 0 Å². The van der Waals surface area contributed by atoms with Crippen LogP contribution in [0.4, 0.5) is 26.3 Å². The predicted octanol–water partition coefficient (Wildman–Crippen LogP) is 4.18. The van der Waals surface area contributed by atoms with Gasteiger partial charge in [-0.1, -0.05) is 12.1 Å². The first kappa shape index (κ1) is 13.2. The van der Waals surface area contributed by atoms with Gasteiger partial charge in [0.1, 0.15) is 0 Å². The molecular weight excluding hydrogens is 254 g/mol. The van der Waals surface area contributed by atoms with Crippen LogP contribution in [0.2, 0.25) is 0 Å². The van der Waals surface area contributed by atoms with E-state index in [0.717, 1.165) is 24.3 Å². The van der Waals surface area contributed by atoms with Crippen molar-refractivity contribution in [2.45, 2.75) is 23.2 Å². The molecule has 16 heavy (non-hydrogen) atoms. The highest BCUT2D eigenvalue weighted by Crippen LogP contribution is 2.46. The Hall–Kier alpha value is -0.850. The summed E-state index contributed by atoms with van der Waals surface area (Å²) in [5, 5.41) is 0. The van der Waals surface area contributed by atoms with Crippen molar-refractivity contribution in [1.82, 2.24) is 0 Å². The maximum Gasteiger partial charge on any atom is 0.456 e.